The first-order valence-electron chi connectivity index (χ1n) is 7.96. The van der Waals surface area contributed by atoms with E-state index in [4.69, 9.17) is 4.74 Å². The van der Waals surface area contributed by atoms with Gasteiger partial charge in [0.25, 0.3) is 5.91 Å². The number of rotatable bonds is 3. The number of fused-ring (bicyclic) bond motifs is 3. The van der Waals surface area contributed by atoms with E-state index >= 15 is 0 Å². The van der Waals surface area contributed by atoms with Crippen LogP contribution in [0.25, 0.3) is 11.0 Å². The van der Waals surface area contributed by atoms with Gasteiger partial charge in [0.1, 0.15) is 12.4 Å². The lowest BCUT2D eigenvalue weighted by atomic mass is 10.2. The summed E-state index contributed by atoms with van der Waals surface area (Å²) in [4.78, 5) is 20.9. The van der Waals surface area contributed by atoms with Gasteiger partial charge < -0.3 is 14.6 Å². The number of hydrogen-bond acceptors (Lipinski definition) is 4. The quantitative estimate of drug-likeness (QED) is 0.803. The van der Waals surface area contributed by atoms with Gasteiger partial charge in [0, 0.05) is 18.9 Å². The van der Waals surface area contributed by atoms with Gasteiger partial charge in [-0.25, -0.2) is 4.98 Å². The largest absolute Gasteiger partial charge is 0.371 e. The molecule has 0 saturated heterocycles. The maximum Gasteiger partial charge on any atom is 0.252 e. The molecule has 1 aromatic carbocycles. The lowest BCUT2D eigenvalue weighted by Gasteiger charge is -2.26. The van der Waals surface area contributed by atoms with Crippen LogP contribution in [0, 0.1) is 6.92 Å². The van der Waals surface area contributed by atoms with Gasteiger partial charge in [0.2, 0.25) is 0 Å². The van der Waals surface area contributed by atoms with Crippen LogP contribution < -0.4 is 5.32 Å². The lowest BCUT2D eigenvalue weighted by molar-refractivity contribution is 0.0553. The van der Waals surface area contributed by atoms with Crippen molar-refractivity contribution in [2.45, 2.75) is 19.6 Å². The average molecular weight is 322 g/mol. The Bertz CT molecular complexity index is 889. The first kappa shape index (κ1) is 14.8. The van der Waals surface area contributed by atoms with E-state index in [1.807, 2.05) is 6.07 Å². The maximum absolute atomic E-state index is 12.2. The minimum Gasteiger partial charge on any atom is -0.371 e. The van der Waals surface area contributed by atoms with Crippen LogP contribution in [0.1, 0.15) is 27.8 Å². The molecule has 2 aromatic heterocycles. The molecule has 1 aliphatic heterocycles. The molecule has 6 heteroatoms. The van der Waals surface area contributed by atoms with Gasteiger partial charge in [-0.3, -0.25) is 9.78 Å². The summed E-state index contributed by atoms with van der Waals surface area (Å²) in [5, 5.41) is 2.97. The third kappa shape index (κ3) is 2.65. The zero-order valence-corrected chi connectivity index (χ0v) is 13.4. The molecule has 3 heterocycles. The minimum absolute atomic E-state index is 0.0289. The van der Waals surface area contributed by atoms with Crippen LogP contribution in [0.3, 0.4) is 0 Å². The smallest absolute Gasteiger partial charge is 0.252 e. The first-order valence-corrected chi connectivity index (χ1v) is 7.96. The molecular formula is C18H18N4O2. The van der Waals surface area contributed by atoms with Gasteiger partial charge in [-0.05, 0) is 36.8 Å². The van der Waals surface area contributed by atoms with Gasteiger partial charge >= 0.3 is 0 Å². The molecule has 3 aromatic rings. The summed E-state index contributed by atoms with van der Waals surface area (Å²) in [6.07, 6.45) is 3.21. The van der Waals surface area contributed by atoms with Crippen molar-refractivity contribution < 1.29 is 9.53 Å². The number of nitrogens with one attached hydrogen (secondary N) is 1. The van der Waals surface area contributed by atoms with E-state index in [1.165, 1.54) is 5.56 Å². The van der Waals surface area contributed by atoms with Crippen molar-refractivity contribution in [1.29, 1.82) is 0 Å². The topological polar surface area (TPSA) is 69.0 Å². The zero-order chi connectivity index (χ0) is 16.5. The Morgan fingerprint density at radius 2 is 2.33 bits per heavy atom. The molecule has 1 unspecified atom stereocenters. The van der Waals surface area contributed by atoms with Gasteiger partial charge in [0.15, 0.2) is 0 Å². The summed E-state index contributed by atoms with van der Waals surface area (Å²) in [6.45, 7) is 3.61. The molecule has 1 atom stereocenters. The van der Waals surface area contributed by atoms with E-state index in [0.717, 1.165) is 16.9 Å². The molecule has 0 aliphatic carbocycles. The highest BCUT2D eigenvalue weighted by atomic mass is 16.5. The molecule has 0 bridgehead atoms. The summed E-state index contributed by atoms with van der Waals surface area (Å²) < 4.78 is 7.85. The highest BCUT2D eigenvalue weighted by Crippen LogP contribution is 2.26. The number of aryl methyl sites for hydroxylation is 1. The third-order valence-electron chi connectivity index (χ3n) is 4.25. The number of pyridine rings is 1. The second kappa shape index (κ2) is 6.05. The van der Waals surface area contributed by atoms with Crippen LogP contribution in [0.5, 0.6) is 0 Å². The maximum atomic E-state index is 12.2. The number of imidazole rings is 1. The van der Waals surface area contributed by atoms with Gasteiger partial charge in [-0.15, -0.1) is 0 Å². The Kier molecular flexibility index (Phi) is 3.74. The number of ether oxygens (including phenoxy) is 1. The molecule has 1 aliphatic rings. The Balaban J connectivity index is 1.59. The minimum atomic E-state index is -0.129. The monoisotopic (exact) mass is 322 g/mol. The second-order valence-electron chi connectivity index (χ2n) is 6.01. The van der Waals surface area contributed by atoms with E-state index in [-0.39, 0.29) is 11.9 Å². The van der Waals surface area contributed by atoms with Crippen LogP contribution >= 0.6 is 0 Å². The highest BCUT2D eigenvalue weighted by Gasteiger charge is 2.24. The van der Waals surface area contributed by atoms with Crippen LogP contribution in [-0.4, -0.2) is 33.6 Å². The molecule has 0 radical (unpaired) electrons. The summed E-state index contributed by atoms with van der Waals surface area (Å²) in [7, 11) is 0. The van der Waals surface area contributed by atoms with Crippen molar-refractivity contribution in [3.05, 3.63) is 59.7 Å². The molecule has 0 spiro atoms. The Hall–Kier alpha value is -2.73. The fourth-order valence-corrected chi connectivity index (χ4v) is 3.08. The summed E-state index contributed by atoms with van der Waals surface area (Å²) in [5.74, 6) is 0.776. The molecular weight excluding hydrogens is 304 g/mol. The standard InChI is InChI=1S/C18H18N4O2/c1-12-4-5-15-16(7-12)22-14(10-24-11-17(22)21-15)9-20-18(23)13-3-2-6-19-8-13/h2-8,14H,9-11H2,1H3,(H,20,23). The number of amides is 1. The number of benzene rings is 1. The van der Waals surface area contributed by atoms with E-state index in [0.29, 0.717) is 25.3 Å². The van der Waals surface area contributed by atoms with Crippen LogP contribution in [0.15, 0.2) is 42.7 Å². The van der Waals surface area contributed by atoms with Gasteiger partial charge in [-0.2, -0.15) is 0 Å². The van der Waals surface area contributed by atoms with Crippen molar-refractivity contribution in [3.63, 3.8) is 0 Å². The van der Waals surface area contributed by atoms with Crippen molar-refractivity contribution in [1.82, 2.24) is 19.9 Å². The molecule has 6 nitrogen and oxygen atoms in total. The fourth-order valence-electron chi connectivity index (χ4n) is 3.08. The lowest BCUT2D eigenvalue weighted by Crippen LogP contribution is -2.35. The number of aromatic nitrogens is 3. The van der Waals surface area contributed by atoms with Gasteiger partial charge in [0.05, 0.1) is 29.2 Å². The molecule has 24 heavy (non-hydrogen) atoms. The third-order valence-corrected chi connectivity index (χ3v) is 4.25. The SMILES string of the molecule is Cc1ccc2nc3n(c2c1)C(CNC(=O)c1cccnc1)COC3. The number of carbonyl (C=O) groups is 1. The van der Waals surface area contributed by atoms with E-state index in [1.54, 1.807) is 24.5 Å². The first-order chi connectivity index (χ1) is 11.7. The zero-order valence-electron chi connectivity index (χ0n) is 13.4. The van der Waals surface area contributed by atoms with E-state index in [2.05, 4.69) is 38.9 Å². The van der Waals surface area contributed by atoms with E-state index < -0.39 is 0 Å². The van der Waals surface area contributed by atoms with Gasteiger partial charge in [-0.1, -0.05) is 6.07 Å². The van der Waals surface area contributed by atoms with Crippen LogP contribution in [0.4, 0.5) is 0 Å². The summed E-state index contributed by atoms with van der Waals surface area (Å²) in [5.41, 5.74) is 3.80. The summed E-state index contributed by atoms with van der Waals surface area (Å²) >= 11 is 0. The van der Waals surface area contributed by atoms with E-state index in [9.17, 15) is 4.79 Å². The van der Waals surface area contributed by atoms with Crippen molar-refractivity contribution >= 4 is 16.9 Å². The molecule has 1 N–H and O–H groups in total. The van der Waals surface area contributed by atoms with Crippen molar-refractivity contribution in [2.24, 2.45) is 0 Å². The Morgan fingerprint density at radius 3 is 3.17 bits per heavy atom. The van der Waals surface area contributed by atoms with Crippen molar-refractivity contribution in [2.75, 3.05) is 13.2 Å². The fraction of sp³-hybridized carbons (Fsp3) is 0.278. The Morgan fingerprint density at radius 1 is 1.42 bits per heavy atom. The number of hydrogen-bond donors (Lipinski definition) is 1. The molecule has 4 rings (SSSR count). The van der Waals surface area contributed by atoms with Crippen LogP contribution in [0.2, 0.25) is 0 Å². The Labute approximate surface area is 139 Å². The molecule has 0 fully saturated rings. The predicted molar refractivity (Wildman–Crippen MR) is 89.7 cm³/mol. The molecule has 122 valence electrons. The predicted octanol–water partition coefficient (Wildman–Crippen LogP) is 2.24. The molecule has 1 amide bonds. The normalized spacial score (nSPS) is 16.8. The number of carbonyl (C=O) groups excluding carboxylic acids is 1. The van der Waals surface area contributed by atoms with Crippen molar-refractivity contribution in [3.8, 4) is 0 Å². The molecule has 0 saturated carbocycles. The average Bonchev–Trinajstić information content (AvgIpc) is 2.99. The second-order valence-corrected chi connectivity index (χ2v) is 6.01. The summed E-state index contributed by atoms with van der Waals surface area (Å²) in [6, 6.07) is 9.75. The number of nitrogens with zero attached hydrogens (tertiary/aromatic N) is 3. The highest BCUT2D eigenvalue weighted by molar-refractivity contribution is 5.93. The van der Waals surface area contributed by atoms with Crippen LogP contribution in [-0.2, 0) is 11.3 Å².